The van der Waals surface area contributed by atoms with Gasteiger partial charge in [-0.3, -0.25) is 14.4 Å². The zero-order valence-corrected chi connectivity index (χ0v) is 26.5. The number of ether oxygens (including phenoxy) is 2. The lowest BCUT2D eigenvalue weighted by atomic mass is 10.1. The Morgan fingerprint density at radius 3 is 1.48 bits per heavy atom. The minimum atomic E-state index is -1.79. The fourth-order valence-corrected chi connectivity index (χ4v) is 4.21. The summed E-state index contributed by atoms with van der Waals surface area (Å²) in [6.45, 7) is 0.874. The van der Waals surface area contributed by atoms with Crippen LogP contribution in [0.1, 0.15) is 77.6 Å². The summed E-state index contributed by atoms with van der Waals surface area (Å²) in [5, 5.41) is 101. The highest BCUT2D eigenvalue weighted by Gasteiger charge is 2.31. The molecule has 46 heavy (non-hydrogen) atoms. The Labute approximate surface area is 269 Å². The summed E-state index contributed by atoms with van der Waals surface area (Å²) in [6.07, 6.45) is -10.4. The van der Waals surface area contributed by atoms with E-state index in [2.05, 4.69) is 10.6 Å². The molecule has 17 nitrogen and oxygen atoms in total. The summed E-state index contributed by atoms with van der Waals surface area (Å²) in [5.74, 6) is -0.769. The van der Waals surface area contributed by atoms with E-state index in [0.717, 1.165) is 0 Å². The molecule has 0 spiro atoms. The number of hydrogen-bond acceptors (Lipinski definition) is 15. The van der Waals surface area contributed by atoms with Gasteiger partial charge >= 0.3 is 0 Å². The summed E-state index contributed by atoms with van der Waals surface area (Å²) in [7, 11) is 0. The Kier molecular flexibility index (Phi) is 25.1. The number of ketones is 1. The minimum absolute atomic E-state index is 0.00294. The van der Waals surface area contributed by atoms with Gasteiger partial charge in [0.1, 0.15) is 24.4 Å². The van der Waals surface area contributed by atoms with Gasteiger partial charge in [-0.2, -0.15) is 0 Å². The predicted octanol–water partition coefficient (Wildman–Crippen LogP) is -3.71. The molecular formula is C29H56N2O15. The third kappa shape index (κ3) is 19.7. The van der Waals surface area contributed by atoms with Crippen molar-refractivity contribution in [2.45, 2.75) is 133 Å². The van der Waals surface area contributed by atoms with Gasteiger partial charge in [-0.05, 0) is 64.7 Å². The molecule has 0 aromatic rings. The van der Waals surface area contributed by atoms with Crippen LogP contribution in [0.2, 0.25) is 0 Å². The lowest BCUT2D eigenvalue weighted by molar-refractivity contribution is -0.203. The van der Waals surface area contributed by atoms with Gasteiger partial charge in [0.25, 0.3) is 0 Å². The van der Waals surface area contributed by atoms with Crippen LogP contribution in [-0.2, 0) is 23.9 Å². The molecule has 0 aromatic carbocycles. The van der Waals surface area contributed by atoms with Gasteiger partial charge in [-0.25, -0.2) is 0 Å². The van der Waals surface area contributed by atoms with Crippen LogP contribution in [0, 0.1) is 0 Å². The second kappa shape index (κ2) is 26.1. The number of Topliss-reactive ketones (excluding diaryl/α,β-unsaturated/α-hetero) is 1. The van der Waals surface area contributed by atoms with Crippen LogP contribution in [0.15, 0.2) is 0 Å². The van der Waals surface area contributed by atoms with Gasteiger partial charge in [-0.1, -0.05) is 0 Å². The Balaban J connectivity index is 4.07. The van der Waals surface area contributed by atoms with Crippen LogP contribution < -0.4 is 10.6 Å². The van der Waals surface area contributed by atoms with Crippen LogP contribution in [0.5, 0.6) is 0 Å². The van der Waals surface area contributed by atoms with E-state index in [1.54, 1.807) is 0 Å². The maximum atomic E-state index is 12.3. The quantitative estimate of drug-likeness (QED) is 0.0269. The second-order valence-corrected chi connectivity index (χ2v) is 11.1. The Bertz CT molecular complexity index is 824. The minimum Gasteiger partial charge on any atom is -0.396 e. The van der Waals surface area contributed by atoms with Crippen LogP contribution in [0.4, 0.5) is 0 Å². The van der Waals surface area contributed by atoms with E-state index in [1.165, 1.54) is 6.92 Å². The molecule has 0 fully saturated rings. The molecule has 9 atom stereocenters. The van der Waals surface area contributed by atoms with Gasteiger partial charge in [0.15, 0.2) is 18.4 Å². The predicted molar refractivity (Wildman–Crippen MR) is 161 cm³/mol. The summed E-state index contributed by atoms with van der Waals surface area (Å²) in [5.41, 5.74) is 0. The van der Waals surface area contributed by atoms with Crippen LogP contribution in [-0.4, -0.2) is 157 Å². The molecule has 0 aliphatic rings. The van der Waals surface area contributed by atoms with E-state index in [1.807, 2.05) is 0 Å². The van der Waals surface area contributed by atoms with Crippen molar-refractivity contribution in [3.63, 3.8) is 0 Å². The Morgan fingerprint density at radius 1 is 0.587 bits per heavy atom. The highest BCUT2D eigenvalue weighted by Crippen LogP contribution is 2.11. The van der Waals surface area contributed by atoms with Gasteiger partial charge in [0, 0.05) is 45.8 Å². The first-order chi connectivity index (χ1) is 21.8. The van der Waals surface area contributed by atoms with Crippen LogP contribution >= 0.6 is 0 Å². The van der Waals surface area contributed by atoms with Gasteiger partial charge in [-0.15, -0.1) is 0 Å². The maximum Gasteiger partial charge on any atom is 0.220 e. The molecule has 0 heterocycles. The molecular weight excluding hydrogens is 616 g/mol. The van der Waals surface area contributed by atoms with E-state index in [4.69, 9.17) is 19.7 Å². The lowest BCUT2D eigenvalue weighted by Crippen LogP contribution is -2.45. The molecule has 17 heteroatoms. The Hall–Kier alpha value is -1.87. The molecule has 272 valence electrons. The fourth-order valence-electron chi connectivity index (χ4n) is 4.21. The average molecular weight is 673 g/mol. The number of nitrogens with one attached hydrogen (secondary N) is 2. The van der Waals surface area contributed by atoms with Crippen molar-refractivity contribution in [2.24, 2.45) is 0 Å². The van der Waals surface area contributed by atoms with E-state index in [-0.39, 0.29) is 56.5 Å². The van der Waals surface area contributed by atoms with Crippen LogP contribution in [0.3, 0.4) is 0 Å². The number of unbranched alkanes of at least 4 members (excludes halogenated alkanes) is 3. The summed E-state index contributed by atoms with van der Waals surface area (Å²) in [4.78, 5) is 36.3. The monoisotopic (exact) mass is 672 g/mol. The number of rotatable bonds is 29. The van der Waals surface area contributed by atoms with Crippen molar-refractivity contribution in [2.75, 3.05) is 33.0 Å². The molecule has 12 N–H and O–H groups in total. The largest absolute Gasteiger partial charge is 0.396 e. The van der Waals surface area contributed by atoms with Crippen molar-refractivity contribution in [3.8, 4) is 0 Å². The fraction of sp³-hybridized carbons (Fsp3) is 0.897. The summed E-state index contributed by atoms with van der Waals surface area (Å²) < 4.78 is 10.1. The number of carbonyl (C=O) groups is 3. The number of amides is 2. The standard InChI is InChI=1S/C29H56N2O15/c1-18(34)19(31-23(38)10-4-7-17-46-29(44)27(42)25(40)21(36)12-15-33)8-2-5-13-30-22(37)9-3-6-16-45-28(43)26(41)24(39)20(35)11-14-32/h19-21,24-29,32-33,35-36,39-44H,2-17H2,1H3,(H,30,37)(H,31,38)/t19-,20?,21?,24?,25+,26?,27?,28?,29?/m0/s1. The normalized spacial score (nSPS) is 17.6. The van der Waals surface area contributed by atoms with Crippen molar-refractivity contribution in [1.29, 1.82) is 0 Å². The van der Waals surface area contributed by atoms with Gasteiger partial charge in [0.2, 0.25) is 11.8 Å². The smallest absolute Gasteiger partial charge is 0.220 e. The first-order valence-electron chi connectivity index (χ1n) is 15.7. The molecule has 0 saturated carbocycles. The number of aliphatic hydroxyl groups excluding tert-OH is 10. The molecule has 2 amide bonds. The Morgan fingerprint density at radius 2 is 1.04 bits per heavy atom. The molecule has 0 bridgehead atoms. The lowest BCUT2D eigenvalue weighted by Gasteiger charge is -2.26. The molecule has 0 radical (unpaired) electrons. The van der Waals surface area contributed by atoms with E-state index in [9.17, 15) is 55.2 Å². The molecule has 0 aliphatic carbocycles. The van der Waals surface area contributed by atoms with E-state index in [0.29, 0.717) is 51.5 Å². The molecule has 0 rings (SSSR count). The first-order valence-corrected chi connectivity index (χ1v) is 15.7. The van der Waals surface area contributed by atoms with Crippen molar-refractivity contribution in [1.82, 2.24) is 10.6 Å². The number of hydrogen-bond donors (Lipinski definition) is 12. The van der Waals surface area contributed by atoms with Gasteiger partial charge < -0.3 is 71.2 Å². The third-order valence-electron chi connectivity index (χ3n) is 7.16. The molecule has 0 saturated heterocycles. The highest BCUT2D eigenvalue weighted by atomic mass is 16.6. The van der Waals surface area contributed by atoms with E-state index >= 15 is 0 Å². The summed E-state index contributed by atoms with van der Waals surface area (Å²) in [6, 6.07) is -0.684. The molecule has 0 aromatic heterocycles. The molecule has 7 unspecified atom stereocenters. The average Bonchev–Trinajstić information content (AvgIpc) is 3.01. The second-order valence-electron chi connectivity index (χ2n) is 11.1. The van der Waals surface area contributed by atoms with Crippen molar-refractivity contribution in [3.05, 3.63) is 0 Å². The van der Waals surface area contributed by atoms with Crippen molar-refractivity contribution < 1.29 is 74.9 Å². The van der Waals surface area contributed by atoms with Gasteiger partial charge in [0.05, 0.1) is 18.2 Å². The maximum absolute atomic E-state index is 12.3. The number of carbonyl (C=O) groups excluding carboxylic acids is 3. The SMILES string of the molecule is CC(=O)[C@H](CCCCNC(=O)CCCCOC(O)C(O)C(O)C(O)CCO)NC(=O)CCCCOC(O)C(O)[C@H](O)C(O)CCO. The zero-order chi connectivity index (χ0) is 35.1. The number of aliphatic hydroxyl groups is 10. The van der Waals surface area contributed by atoms with Crippen molar-refractivity contribution >= 4 is 17.6 Å². The highest BCUT2D eigenvalue weighted by molar-refractivity contribution is 5.87. The van der Waals surface area contributed by atoms with Crippen LogP contribution in [0.25, 0.3) is 0 Å². The summed E-state index contributed by atoms with van der Waals surface area (Å²) >= 11 is 0. The van der Waals surface area contributed by atoms with E-state index < -0.39 is 68.5 Å². The molecule has 0 aliphatic heterocycles. The third-order valence-corrected chi connectivity index (χ3v) is 7.16. The first kappa shape index (κ1) is 44.1. The zero-order valence-electron chi connectivity index (χ0n) is 26.5. The topological polar surface area (TPSA) is 296 Å².